The summed E-state index contributed by atoms with van der Waals surface area (Å²) in [4.78, 5) is 21.9. The molecule has 4 rings (SSSR count). The van der Waals surface area contributed by atoms with Gasteiger partial charge in [0.15, 0.2) is 0 Å². The third-order valence-corrected chi connectivity index (χ3v) is 3.89. The van der Waals surface area contributed by atoms with E-state index in [4.69, 9.17) is 4.74 Å². The largest absolute Gasteiger partial charge is 0.490 e. The summed E-state index contributed by atoms with van der Waals surface area (Å²) in [6.45, 7) is 3.07. The molecule has 0 atom stereocenters. The normalized spacial score (nSPS) is 13.8. The summed E-state index contributed by atoms with van der Waals surface area (Å²) in [6, 6.07) is 11.4. The number of H-pyrrole nitrogens is 1. The Labute approximate surface area is 127 Å². The molecule has 0 saturated carbocycles. The Hall–Kier alpha value is -2.82. The van der Waals surface area contributed by atoms with Crippen LogP contribution in [0, 0.1) is 6.92 Å². The quantitative estimate of drug-likeness (QED) is 0.750. The SMILES string of the molecule is Cc1ccc2c(c1)N(C(=O)c1ccc3nc[nH]c3c1)CCO2. The Morgan fingerprint density at radius 3 is 3.09 bits per heavy atom. The van der Waals surface area contributed by atoms with Crippen molar-refractivity contribution in [3.05, 3.63) is 53.9 Å². The molecule has 0 aliphatic carbocycles. The molecule has 3 aromatic rings. The summed E-state index contributed by atoms with van der Waals surface area (Å²) in [5.41, 5.74) is 4.30. The van der Waals surface area contributed by atoms with Gasteiger partial charge in [-0.2, -0.15) is 0 Å². The van der Waals surface area contributed by atoms with Crippen LogP contribution in [0.15, 0.2) is 42.7 Å². The molecule has 22 heavy (non-hydrogen) atoms. The van der Waals surface area contributed by atoms with Crippen LogP contribution in [0.25, 0.3) is 11.0 Å². The Kier molecular flexibility index (Phi) is 2.85. The predicted octanol–water partition coefficient (Wildman–Crippen LogP) is 2.91. The predicted molar refractivity (Wildman–Crippen MR) is 84.4 cm³/mol. The first-order valence-corrected chi connectivity index (χ1v) is 7.21. The molecule has 0 unspecified atom stereocenters. The maximum absolute atomic E-state index is 12.9. The van der Waals surface area contributed by atoms with Crippen molar-refractivity contribution in [1.82, 2.24) is 9.97 Å². The third kappa shape index (κ3) is 2.02. The molecule has 1 amide bonds. The molecule has 5 nitrogen and oxygen atoms in total. The van der Waals surface area contributed by atoms with Crippen molar-refractivity contribution >= 4 is 22.6 Å². The number of aromatic amines is 1. The van der Waals surface area contributed by atoms with Gasteiger partial charge < -0.3 is 14.6 Å². The summed E-state index contributed by atoms with van der Waals surface area (Å²) < 4.78 is 5.64. The van der Waals surface area contributed by atoms with Crippen molar-refractivity contribution in [2.75, 3.05) is 18.1 Å². The van der Waals surface area contributed by atoms with Crippen LogP contribution in [-0.4, -0.2) is 29.0 Å². The van der Waals surface area contributed by atoms with Crippen LogP contribution < -0.4 is 9.64 Å². The molecule has 1 N–H and O–H groups in total. The number of aryl methyl sites for hydroxylation is 1. The highest BCUT2D eigenvalue weighted by molar-refractivity contribution is 6.08. The number of aromatic nitrogens is 2. The number of amides is 1. The van der Waals surface area contributed by atoms with Crippen LogP contribution in [0.1, 0.15) is 15.9 Å². The third-order valence-electron chi connectivity index (χ3n) is 3.89. The van der Waals surface area contributed by atoms with Gasteiger partial charge in [0, 0.05) is 5.56 Å². The lowest BCUT2D eigenvalue weighted by molar-refractivity contribution is 0.0976. The number of imidazole rings is 1. The Morgan fingerprint density at radius 1 is 1.27 bits per heavy atom. The molecule has 0 radical (unpaired) electrons. The molecule has 0 saturated heterocycles. The Balaban J connectivity index is 1.75. The van der Waals surface area contributed by atoms with E-state index in [2.05, 4.69) is 9.97 Å². The molecule has 2 aromatic carbocycles. The minimum Gasteiger partial charge on any atom is -0.490 e. The molecular formula is C17H15N3O2. The maximum Gasteiger partial charge on any atom is 0.258 e. The lowest BCUT2D eigenvalue weighted by Crippen LogP contribution is -2.38. The fraction of sp³-hybridized carbons (Fsp3) is 0.176. The molecule has 110 valence electrons. The van der Waals surface area contributed by atoms with Gasteiger partial charge in [0.25, 0.3) is 5.91 Å². The van der Waals surface area contributed by atoms with Gasteiger partial charge in [0.1, 0.15) is 12.4 Å². The number of nitrogens with one attached hydrogen (secondary N) is 1. The molecule has 5 heteroatoms. The smallest absolute Gasteiger partial charge is 0.258 e. The van der Waals surface area contributed by atoms with Gasteiger partial charge in [0.2, 0.25) is 0 Å². The fourth-order valence-corrected chi connectivity index (χ4v) is 2.76. The van der Waals surface area contributed by atoms with Crippen molar-refractivity contribution in [2.45, 2.75) is 6.92 Å². The van der Waals surface area contributed by atoms with Gasteiger partial charge in [-0.3, -0.25) is 4.79 Å². The summed E-state index contributed by atoms with van der Waals surface area (Å²) in [6.07, 6.45) is 1.63. The number of carbonyl (C=O) groups excluding carboxylic acids is 1. The molecule has 1 aliphatic heterocycles. The van der Waals surface area contributed by atoms with E-state index >= 15 is 0 Å². The molecule has 0 fully saturated rings. The average Bonchev–Trinajstić information content (AvgIpc) is 3.01. The number of hydrogen-bond acceptors (Lipinski definition) is 3. The van der Waals surface area contributed by atoms with Crippen LogP contribution in [-0.2, 0) is 0 Å². The lowest BCUT2D eigenvalue weighted by Gasteiger charge is -2.30. The standard InChI is InChI=1S/C17H15N3O2/c1-11-2-5-16-15(8-11)20(6-7-22-16)17(21)12-3-4-13-14(9-12)19-10-18-13/h2-5,8-10H,6-7H2,1H3,(H,18,19). The number of benzene rings is 2. The van der Waals surface area contributed by atoms with Gasteiger partial charge in [0.05, 0.1) is 29.6 Å². The van der Waals surface area contributed by atoms with Crippen molar-refractivity contribution < 1.29 is 9.53 Å². The molecule has 1 aliphatic rings. The Morgan fingerprint density at radius 2 is 2.18 bits per heavy atom. The van der Waals surface area contributed by atoms with E-state index in [0.717, 1.165) is 28.0 Å². The van der Waals surface area contributed by atoms with E-state index in [0.29, 0.717) is 18.7 Å². The molecule has 2 heterocycles. The molecule has 0 spiro atoms. The highest BCUT2D eigenvalue weighted by Gasteiger charge is 2.25. The van der Waals surface area contributed by atoms with Gasteiger partial charge >= 0.3 is 0 Å². The number of rotatable bonds is 1. The topological polar surface area (TPSA) is 58.2 Å². The summed E-state index contributed by atoms with van der Waals surface area (Å²) in [5, 5.41) is 0. The zero-order valence-electron chi connectivity index (χ0n) is 12.2. The average molecular weight is 293 g/mol. The molecular weight excluding hydrogens is 278 g/mol. The highest BCUT2D eigenvalue weighted by Crippen LogP contribution is 2.33. The van der Waals surface area contributed by atoms with Crippen molar-refractivity contribution in [3.63, 3.8) is 0 Å². The van der Waals surface area contributed by atoms with E-state index in [9.17, 15) is 4.79 Å². The van der Waals surface area contributed by atoms with E-state index in [1.54, 1.807) is 11.2 Å². The fourth-order valence-electron chi connectivity index (χ4n) is 2.76. The minimum atomic E-state index is -0.0216. The summed E-state index contributed by atoms with van der Waals surface area (Å²) in [7, 11) is 0. The first-order valence-electron chi connectivity index (χ1n) is 7.21. The zero-order chi connectivity index (χ0) is 15.1. The van der Waals surface area contributed by atoms with Crippen LogP contribution in [0.2, 0.25) is 0 Å². The van der Waals surface area contributed by atoms with E-state index < -0.39 is 0 Å². The maximum atomic E-state index is 12.9. The number of fused-ring (bicyclic) bond motifs is 2. The summed E-state index contributed by atoms with van der Waals surface area (Å²) in [5.74, 6) is 0.736. The number of ether oxygens (including phenoxy) is 1. The van der Waals surface area contributed by atoms with Gasteiger partial charge in [-0.1, -0.05) is 6.07 Å². The van der Waals surface area contributed by atoms with Crippen LogP contribution in [0.5, 0.6) is 5.75 Å². The molecule has 0 bridgehead atoms. The number of anilines is 1. The molecule has 1 aromatic heterocycles. The second-order valence-corrected chi connectivity index (χ2v) is 5.41. The van der Waals surface area contributed by atoms with Crippen LogP contribution in [0.3, 0.4) is 0 Å². The first kappa shape index (κ1) is 12.9. The van der Waals surface area contributed by atoms with E-state index in [1.807, 2.05) is 43.3 Å². The van der Waals surface area contributed by atoms with Gasteiger partial charge in [-0.25, -0.2) is 4.98 Å². The first-order chi connectivity index (χ1) is 10.7. The van der Waals surface area contributed by atoms with Crippen molar-refractivity contribution in [3.8, 4) is 5.75 Å². The van der Waals surface area contributed by atoms with E-state index in [1.165, 1.54) is 0 Å². The number of carbonyl (C=O) groups is 1. The second-order valence-electron chi connectivity index (χ2n) is 5.41. The highest BCUT2D eigenvalue weighted by atomic mass is 16.5. The Bertz CT molecular complexity index is 869. The lowest BCUT2D eigenvalue weighted by atomic mass is 10.1. The van der Waals surface area contributed by atoms with Crippen molar-refractivity contribution in [1.29, 1.82) is 0 Å². The van der Waals surface area contributed by atoms with Gasteiger partial charge in [-0.05, 0) is 42.8 Å². The van der Waals surface area contributed by atoms with Crippen LogP contribution >= 0.6 is 0 Å². The van der Waals surface area contributed by atoms with Crippen molar-refractivity contribution in [2.24, 2.45) is 0 Å². The zero-order valence-corrected chi connectivity index (χ0v) is 12.2. The number of hydrogen-bond donors (Lipinski definition) is 1. The van der Waals surface area contributed by atoms with Crippen LogP contribution in [0.4, 0.5) is 5.69 Å². The second kappa shape index (κ2) is 4.87. The number of nitrogens with zero attached hydrogens (tertiary/aromatic N) is 2. The monoisotopic (exact) mass is 293 g/mol. The minimum absolute atomic E-state index is 0.0216. The summed E-state index contributed by atoms with van der Waals surface area (Å²) >= 11 is 0. The van der Waals surface area contributed by atoms with E-state index in [-0.39, 0.29) is 5.91 Å². The van der Waals surface area contributed by atoms with Gasteiger partial charge in [-0.15, -0.1) is 0 Å².